The maximum absolute atomic E-state index is 13.0. The number of nitrogens with two attached hydrogens (primary N) is 4. The second-order valence-electron chi connectivity index (χ2n) is 9.24. The molecule has 2 fully saturated rings. The Kier molecular flexibility index (Phi) is 12.4. The Morgan fingerprint density at radius 2 is 1.68 bits per heavy atom. The molecule has 2 aliphatic heterocycles. The number of hydrogen-bond donors (Lipinski definition) is 8. The van der Waals surface area contributed by atoms with E-state index >= 15 is 0 Å². The van der Waals surface area contributed by atoms with Crippen molar-refractivity contribution < 1.29 is 33.6 Å². The summed E-state index contributed by atoms with van der Waals surface area (Å²) in [6.07, 6.45) is 0.666. The van der Waals surface area contributed by atoms with Crippen LogP contribution in [0.2, 0.25) is 0 Å². The first-order chi connectivity index (χ1) is 18.9. The summed E-state index contributed by atoms with van der Waals surface area (Å²) in [5, 5.41) is 9.71. The van der Waals surface area contributed by atoms with Gasteiger partial charge in [-0.2, -0.15) is 0 Å². The van der Waals surface area contributed by atoms with E-state index in [0.717, 1.165) is 11.8 Å². The minimum absolute atomic E-state index is 0.0388. The number of aliphatic imine (C=N–C) groups is 1. The lowest BCUT2D eigenvalue weighted by Crippen LogP contribution is -2.57. The Hall–Kier alpha value is -4.09. The van der Waals surface area contributed by atoms with Crippen molar-refractivity contribution in [2.75, 3.05) is 31.1 Å². The van der Waals surface area contributed by atoms with E-state index in [0.29, 0.717) is 19.4 Å². The molecule has 0 radical (unpaired) electrons. The van der Waals surface area contributed by atoms with E-state index in [1.807, 2.05) is 0 Å². The molecule has 7 amide bonds. The van der Waals surface area contributed by atoms with Gasteiger partial charge >= 0.3 is 0 Å². The summed E-state index contributed by atoms with van der Waals surface area (Å²) in [6, 6.07) is -4.59. The van der Waals surface area contributed by atoms with Crippen molar-refractivity contribution in [3.8, 4) is 0 Å². The number of rotatable bonds is 7. The minimum Gasteiger partial charge on any atom is -0.370 e. The minimum atomic E-state index is -1.39. The van der Waals surface area contributed by atoms with Gasteiger partial charge in [0.15, 0.2) is 5.96 Å². The van der Waals surface area contributed by atoms with Crippen molar-refractivity contribution in [2.24, 2.45) is 27.9 Å². The van der Waals surface area contributed by atoms with Crippen LogP contribution >= 0.6 is 11.8 Å². The molecular weight excluding hydrogens is 548 g/mol. The number of carbonyl (C=O) groups is 7. The fourth-order valence-electron chi connectivity index (χ4n) is 4.14. The normalized spacial score (nSPS) is 25.3. The Bertz CT molecular complexity index is 1040. The predicted molar refractivity (Wildman–Crippen MR) is 144 cm³/mol. The third-order valence-corrected chi connectivity index (χ3v) is 7.12. The summed E-state index contributed by atoms with van der Waals surface area (Å²) in [5.41, 5.74) is 21.3. The molecule has 17 nitrogen and oxygen atoms in total. The van der Waals surface area contributed by atoms with E-state index in [2.05, 4.69) is 26.3 Å². The largest absolute Gasteiger partial charge is 0.370 e. The standard InChI is InChI=1S/C22H36N10O7S/c23-15(33)7-12-19(37)28-8-16(34)29-11(3-1-5-27-22(25)26)20(38)31-13(18(24)36)9-40-10-17(35)32-6-2-4-14(32)21(39)30-12/h11-14H,1-10H2,(H2,23,33)(H2,24,36)(H,28,37)(H,29,34)(H,30,39)(H,31,38)(H4,25,26,27)/t11-,12-,13-,14-/m0/s1. The van der Waals surface area contributed by atoms with Gasteiger partial charge in [-0.1, -0.05) is 0 Å². The van der Waals surface area contributed by atoms with Gasteiger partial charge in [0.25, 0.3) is 0 Å². The lowest BCUT2D eigenvalue weighted by molar-refractivity contribution is -0.138. The van der Waals surface area contributed by atoms with Gasteiger partial charge in [-0.05, 0) is 25.7 Å². The summed E-state index contributed by atoms with van der Waals surface area (Å²) >= 11 is 1.03. The highest BCUT2D eigenvalue weighted by atomic mass is 32.2. The summed E-state index contributed by atoms with van der Waals surface area (Å²) in [7, 11) is 0. The molecular formula is C22H36N10O7S. The first-order valence-corrected chi connectivity index (χ1v) is 13.7. The number of primary amides is 2. The molecule has 2 rings (SSSR count). The highest BCUT2D eigenvalue weighted by Crippen LogP contribution is 2.20. The zero-order valence-electron chi connectivity index (χ0n) is 21.9. The van der Waals surface area contributed by atoms with E-state index in [-0.39, 0.29) is 42.8 Å². The molecule has 2 aliphatic rings. The van der Waals surface area contributed by atoms with Crippen molar-refractivity contribution in [1.29, 1.82) is 0 Å². The molecule has 18 heteroatoms. The molecule has 0 aromatic carbocycles. The van der Waals surface area contributed by atoms with Crippen LogP contribution in [0, 0.1) is 0 Å². The summed E-state index contributed by atoms with van der Waals surface area (Å²) < 4.78 is 0. The molecule has 4 atom stereocenters. The van der Waals surface area contributed by atoms with Gasteiger partial charge in [0, 0.05) is 18.8 Å². The maximum Gasteiger partial charge on any atom is 0.243 e. The summed E-state index contributed by atoms with van der Waals surface area (Å²) in [4.78, 5) is 93.0. The molecule has 0 unspecified atom stereocenters. The average Bonchev–Trinajstić information content (AvgIpc) is 3.37. The second-order valence-corrected chi connectivity index (χ2v) is 10.3. The summed E-state index contributed by atoms with van der Waals surface area (Å²) in [6.45, 7) is -0.158. The van der Waals surface area contributed by atoms with Gasteiger partial charge in [-0.15, -0.1) is 11.8 Å². The van der Waals surface area contributed by atoms with Crippen LogP contribution in [-0.4, -0.2) is 108 Å². The number of hydrogen-bond acceptors (Lipinski definition) is 9. The smallest absolute Gasteiger partial charge is 0.243 e. The fourth-order valence-corrected chi connectivity index (χ4v) is 5.08. The van der Waals surface area contributed by atoms with Crippen LogP contribution < -0.4 is 44.2 Å². The van der Waals surface area contributed by atoms with Crippen LogP contribution in [0.4, 0.5) is 0 Å². The van der Waals surface area contributed by atoms with Crippen LogP contribution in [0.3, 0.4) is 0 Å². The van der Waals surface area contributed by atoms with Crippen LogP contribution in [0.5, 0.6) is 0 Å². The van der Waals surface area contributed by atoms with E-state index in [9.17, 15) is 33.6 Å². The topological polar surface area (TPSA) is 287 Å². The van der Waals surface area contributed by atoms with Gasteiger partial charge in [0.2, 0.25) is 41.4 Å². The molecule has 2 heterocycles. The van der Waals surface area contributed by atoms with Gasteiger partial charge in [0.1, 0.15) is 24.2 Å². The van der Waals surface area contributed by atoms with Crippen molar-refractivity contribution in [1.82, 2.24) is 26.2 Å². The van der Waals surface area contributed by atoms with Crippen LogP contribution in [0.25, 0.3) is 0 Å². The molecule has 222 valence electrons. The van der Waals surface area contributed by atoms with E-state index in [4.69, 9.17) is 22.9 Å². The van der Waals surface area contributed by atoms with Crippen molar-refractivity contribution in [3.05, 3.63) is 0 Å². The first-order valence-electron chi connectivity index (χ1n) is 12.6. The van der Waals surface area contributed by atoms with Gasteiger partial charge in [-0.25, -0.2) is 0 Å². The Morgan fingerprint density at radius 3 is 2.33 bits per heavy atom. The van der Waals surface area contributed by atoms with E-state index in [1.165, 1.54) is 4.90 Å². The zero-order valence-corrected chi connectivity index (χ0v) is 22.7. The van der Waals surface area contributed by atoms with Crippen LogP contribution in [0.15, 0.2) is 4.99 Å². The quantitative estimate of drug-likeness (QED) is 0.0798. The predicted octanol–water partition coefficient (Wildman–Crippen LogP) is -5.29. The molecule has 0 saturated carbocycles. The molecule has 0 aliphatic carbocycles. The first kappa shape index (κ1) is 32.1. The average molecular weight is 585 g/mol. The molecule has 0 aromatic heterocycles. The Balaban J connectivity index is 2.28. The number of nitrogens with one attached hydrogen (secondary N) is 4. The monoisotopic (exact) mass is 584 g/mol. The highest BCUT2D eigenvalue weighted by Gasteiger charge is 2.36. The third kappa shape index (κ3) is 10.2. The van der Waals surface area contributed by atoms with Crippen LogP contribution in [-0.2, 0) is 33.6 Å². The van der Waals surface area contributed by atoms with Crippen molar-refractivity contribution in [2.45, 2.75) is 56.3 Å². The maximum atomic E-state index is 13.0. The molecule has 0 spiro atoms. The number of thioether (sulfide) groups is 1. The summed E-state index contributed by atoms with van der Waals surface area (Å²) in [5.74, 6) is -5.42. The lowest BCUT2D eigenvalue weighted by atomic mass is 10.1. The Morgan fingerprint density at radius 1 is 0.950 bits per heavy atom. The highest BCUT2D eigenvalue weighted by molar-refractivity contribution is 8.00. The third-order valence-electron chi connectivity index (χ3n) is 6.10. The molecule has 40 heavy (non-hydrogen) atoms. The van der Waals surface area contributed by atoms with Gasteiger partial charge in [0.05, 0.1) is 18.7 Å². The number of fused-ring (bicyclic) bond motifs is 1. The van der Waals surface area contributed by atoms with Gasteiger partial charge < -0.3 is 49.1 Å². The van der Waals surface area contributed by atoms with Gasteiger partial charge in [-0.3, -0.25) is 38.6 Å². The van der Waals surface area contributed by atoms with E-state index < -0.39 is 72.6 Å². The molecule has 0 aromatic rings. The van der Waals surface area contributed by atoms with Crippen LogP contribution in [0.1, 0.15) is 32.1 Å². The molecule has 12 N–H and O–H groups in total. The fraction of sp³-hybridized carbons (Fsp3) is 0.636. The number of nitrogens with zero attached hydrogens (tertiary/aromatic N) is 2. The Labute approximate surface area is 234 Å². The lowest BCUT2D eigenvalue weighted by Gasteiger charge is -2.27. The molecule has 2 saturated heterocycles. The number of amides is 7. The van der Waals surface area contributed by atoms with Crippen molar-refractivity contribution >= 4 is 59.1 Å². The molecule has 0 bridgehead atoms. The number of carbonyl (C=O) groups excluding carboxylic acids is 7. The van der Waals surface area contributed by atoms with Crippen molar-refractivity contribution in [3.63, 3.8) is 0 Å². The SMILES string of the molecule is NC(=O)C[C@@H]1NC(=O)[C@@H]2CCCN2C(=O)CSC[C@@H](C(N)=O)NC(=O)[C@H](CCCN=C(N)N)NC(=O)CNC1=O. The second kappa shape index (κ2) is 15.5. The zero-order chi connectivity index (χ0) is 29.8. The number of guanidine groups is 1. The van der Waals surface area contributed by atoms with E-state index in [1.54, 1.807) is 0 Å².